The van der Waals surface area contributed by atoms with Crippen LogP contribution in [-0.2, 0) is 16.4 Å². The molecule has 5 rings (SSSR count). The minimum absolute atomic E-state index is 0.0676. The number of para-hydroxylation sites is 1. The van der Waals surface area contributed by atoms with Crippen molar-refractivity contribution in [2.45, 2.75) is 25.3 Å². The number of sulfone groups is 1. The van der Waals surface area contributed by atoms with Crippen LogP contribution in [0.2, 0.25) is 0 Å². The highest BCUT2D eigenvalue weighted by Gasteiger charge is 2.22. The van der Waals surface area contributed by atoms with E-state index in [1.807, 2.05) is 86.6 Å². The van der Waals surface area contributed by atoms with E-state index in [-0.39, 0.29) is 9.80 Å². The third-order valence-electron chi connectivity index (χ3n) is 6.43. The van der Waals surface area contributed by atoms with Gasteiger partial charge in [-0.2, -0.15) is 10.4 Å². The standard InChI is InChI=1S/C33H27N3O3S/c1-24-8-12-26(13-9-24)23-39-30-16-14-27(15-17-30)33-28(22-36(35-33)29-6-4-3-5-7-29)20-32(21-34)40(37,38)31-18-10-25(2)11-19-31/h3-20,22H,23H2,1-2H3. The Labute approximate surface area is 234 Å². The molecule has 1 aromatic heterocycles. The van der Waals surface area contributed by atoms with Crippen molar-refractivity contribution in [3.8, 4) is 28.8 Å². The summed E-state index contributed by atoms with van der Waals surface area (Å²) in [5.41, 5.74) is 5.81. The number of nitriles is 1. The van der Waals surface area contributed by atoms with Crippen LogP contribution in [0.15, 0.2) is 119 Å². The van der Waals surface area contributed by atoms with Gasteiger partial charge in [-0.1, -0.05) is 65.7 Å². The van der Waals surface area contributed by atoms with Gasteiger partial charge in [-0.25, -0.2) is 13.1 Å². The molecule has 0 spiro atoms. The second kappa shape index (κ2) is 11.4. The second-order valence-electron chi connectivity index (χ2n) is 9.45. The van der Waals surface area contributed by atoms with Crippen molar-refractivity contribution < 1.29 is 13.2 Å². The van der Waals surface area contributed by atoms with E-state index < -0.39 is 9.84 Å². The van der Waals surface area contributed by atoms with Crippen molar-refractivity contribution >= 4 is 15.9 Å². The minimum Gasteiger partial charge on any atom is -0.489 e. The van der Waals surface area contributed by atoms with Gasteiger partial charge in [0.2, 0.25) is 9.84 Å². The van der Waals surface area contributed by atoms with E-state index in [0.717, 1.165) is 22.4 Å². The summed E-state index contributed by atoms with van der Waals surface area (Å²) in [4.78, 5) is -0.291. The molecular weight excluding hydrogens is 518 g/mol. The van der Waals surface area contributed by atoms with Crippen LogP contribution in [-0.4, -0.2) is 18.2 Å². The van der Waals surface area contributed by atoms with Gasteiger partial charge < -0.3 is 4.74 Å². The van der Waals surface area contributed by atoms with Crippen molar-refractivity contribution in [3.05, 3.63) is 136 Å². The number of aryl methyl sites for hydroxylation is 2. The molecule has 5 aromatic rings. The molecule has 198 valence electrons. The van der Waals surface area contributed by atoms with Crippen LogP contribution in [0.1, 0.15) is 22.3 Å². The van der Waals surface area contributed by atoms with Crippen LogP contribution in [0.3, 0.4) is 0 Å². The van der Waals surface area contributed by atoms with Gasteiger partial charge in [0.05, 0.1) is 10.6 Å². The van der Waals surface area contributed by atoms with Gasteiger partial charge in [0.15, 0.2) is 0 Å². The average Bonchev–Trinajstić information content (AvgIpc) is 3.40. The maximum absolute atomic E-state index is 13.3. The summed E-state index contributed by atoms with van der Waals surface area (Å²) in [7, 11) is -4.02. The lowest BCUT2D eigenvalue weighted by Gasteiger charge is -2.08. The molecule has 0 amide bonds. The monoisotopic (exact) mass is 545 g/mol. The van der Waals surface area contributed by atoms with Crippen molar-refractivity contribution in [1.29, 1.82) is 5.26 Å². The molecule has 0 unspecified atom stereocenters. The third-order valence-corrected chi connectivity index (χ3v) is 8.12. The van der Waals surface area contributed by atoms with Crippen LogP contribution >= 0.6 is 0 Å². The van der Waals surface area contributed by atoms with E-state index in [0.29, 0.717) is 23.6 Å². The predicted octanol–water partition coefficient (Wildman–Crippen LogP) is 7.07. The molecule has 1 heterocycles. The number of aromatic nitrogens is 2. The average molecular weight is 546 g/mol. The molecule has 0 saturated carbocycles. The number of allylic oxidation sites excluding steroid dienone is 1. The third kappa shape index (κ3) is 5.88. The summed E-state index contributed by atoms with van der Waals surface area (Å²) >= 11 is 0. The van der Waals surface area contributed by atoms with Crippen LogP contribution in [0.5, 0.6) is 5.75 Å². The zero-order chi connectivity index (χ0) is 28.1. The van der Waals surface area contributed by atoms with Crippen molar-refractivity contribution in [2.24, 2.45) is 0 Å². The Kier molecular flexibility index (Phi) is 7.63. The molecule has 0 radical (unpaired) electrons. The Morgan fingerprint density at radius 3 is 2.12 bits per heavy atom. The first kappa shape index (κ1) is 26.7. The topological polar surface area (TPSA) is 85.0 Å². The number of ether oxygens (including phenoxy) is 1. The highest BCUT2D eigenvalue weighted by atomic mass is 32.2. The summed E-state index contributed by atoms with van der Waals surface area (Å²) in [5, 5.41) is 14.7. The fourth-order valence-corrected chi connectivity index (χ4v) is 5.30. The highest BCUT2D eigenvalue weighted by Crippen LogP contribution is 2.30. The van der Waals surface area contributed by atoms with E-state index in [9.17, 15) is 13.7 Å². The number of hydrogen-bond acceptors (Lipinski definition) is 5. The summed E-state index contributed by atoms with van der Waals surface area (Å²) in [6, 6.07) is 33.5. The summed E-state index contributed by atoms with van der Waals surface area (Å²) in [6.45, 7) is 4.36. The largest absolute Gasteiger partial charge is 0.489 e. The summed E-state index contributed by atoms with van der Waals surface area (Å²) in [5.74, 6) is 0.698. The number of nitrogens with zero attached hydrogens (tertiary/aromatic N) is 3. The van der Waals surface area contributed by atoms with E-state index in [1.54, 1.807) is 23.0 Å². The molecule has 0 bridgehead atoms. The molecule has 40 heavy (non-hydrogen) atoms. The van der Waals surface area contributed by atoms with E-state index in [1.165, 1.54) is 23.8 Å². The fraction of sp³-hybridized carbons (Fsp3) is 0.0909. The molecule has 0 fully saturated rings. The van der Waals surface area contributed by atoms with Gasteiger partial charge >= 0.3 is 0 Å². The smallest absolute Gasteiger partial charge is 0.216 e. The van der Waals surface area contributed by atoms with Crippen LogP contribution in [0.4, 0.5) is 0 Å². The quantitative estimate of drug-likeness (QED) is 0.195. The summed E-state index contributed by atoms with van der Waals surface area (Å²) < 4.78 is 34.3. The molecule has 4 aromatic carbocycles. The van der Waals surface area contributed by atoms with Crippen molar-refractivity contribution in [3.63, 3.8) is 0 Å². The first-order valence-corrected chi connectivity index (χ1v) is 14.2. The van der Waals surface area contributed by atoms with Crippen molar-refractivity contribution in [1.82, 2.24) is 9.78 Å². The molecule has 0 saturated heterocycles. The van der Waals surface area contributed by atoms with E-state index in [4.69, 9.17) is 9.84 Å². The molecule has 0 aliphatic heterocycles. The van der Waals surface area contributed by atoms with Crippen LogP contribution in [0.25, 0.3) is 23.0 Å². The first-order chi connectivity index (χ1) is 19.3. The second-order valence-corrected chi connectivity index (χ2v) is 11.4. The molecule has 7 heteroatoms. The van der Waals surface area contributed by atoms with Crippen LogP contribution in [0, 0.1) is 25.2 Å². The Hall–Kier alpha value is -4.93. The van der Waals surface area contributed by atoms with E-state index in [2.05, 4.69) is 12.1 Å². The molecule has 0 atom stereocenters. The Bertz CT molecular complexity index is 1800. The van der Waals surface area contributed by atoms with Crippen molar-refractivity contribution in [2.75, 3.05) is 0 Å². The first-order valence-electron chi connectivity index (χ1n) is 12.7. The maximum Gasteiger partial charge on any atom is 0.216 e. The van der Waals surface area contributed by atoms with Crippen LogP contribution < -0.4 is 4.74 Å². The molecule has 0 aliphatic carbocycles. The Balaban J connectivity index is 1.50. The van der Waals surface area contributed by atoms with Gasteiger partial charge in [-0.05, 0) is 74.0 Å². The SMILES string of the molecule is Cc1ccc(COc2ccc(-c3nn(-c4ccccc4)cc3C=C(C#N)S(=O)(=O)c3ccc(C)cc3)cc2)cc1. The number of rotatable bonds is 8. The highest BCUT2D eigenvalue weighted by molar-refractivity contribution is 7.95. The lowest BCUT2D eigenvalue weighted by Crippen LogP contribution is -2.03. The van der Waals surface area contributed by atoms with Gasteiger partial charge in [0.25, 0.3) is 0 Å². The maximum atomic E-state index is 13.3. The van der Waals surface area contributed by atoms with E-state index >= 15 is 0 Å². The molecule has 0 aliphatic rings. The zero-order valence-electron chi connectivity index (χ0n) is 22.2. The van der Waals surface area contributed by atoms with Gasteiger partial charge in [0, 0.05) is 17.3 Å². The predicted molar refractivity (Wildman–Crippen MR) is 156 cm³/mol. The number of benzene rings is 4. The van der Waals surface area contributed by atoms with Gasteiger partial charge in [-0.15, -0.1) is 0 Å². The lowest BCUT2D eigenvalue weighted by molar-refractivity contribution is 0.306. The summed E-state index contributed by atoms with van der Waals surface area (Å²) in [6.07, 6.45) is 3.12. The van der Waals surface area contributed by atoms with Gasteiger partial charge in [-0.3, -0.25) is 0 Å². The molecular formula is C33H27N3O3S. The number of hydrogen-bond donors (Lipinski definition) is 0. The lowest BCUT2D eigenvalue weighted by atomic mass is 10.1. The Morgan fingerprint density at radius 2 is 1.50 bits per heavy atom. The minimum atomic E-state index is -4.02. The molecule has 0 N–H and O–H groups in total. The fourth-order valence-electron chi connectivity index (χ4n) is 4.15. The van der Waals surface area contributed by atoms with Gasteiger partial charge in [0.1, 0.15) is 29.0 Å². The Morgan fingerprint density at radius 1 is 0.875 bits per heavy atom. The molecule has 6 nitrogen and oxygen atoms in total. The zero-order valence-corrected chi connectivity index (χ0v) is 23.0. The normalized spacial score (nSPS) is 11.7.